The standard InChI is InChI=1S/C11H9ClN2O2S2/c12-10-5-2-1-4-9(10)8-13-14-18(15,16)11-6-3-7-17-11/h1-8,14H/b13-8+. The highest BCUT2D eigenvalue weighted by atomic mass is 35.5. The van der Waals surface area contributed by atoms with Crippen molar-refractivity contribution in [1.82, 2.24) is 4.83 Å². The molecular formula is C11H9ClN2O2S2. The third-order valence-electron chi connectivity index (χ3n) is 2.04. The van der Waals surface area contributed by atoms with Crippen molar-refractivity contribution in [3.8, 4) is 0 Å². The van der Waals surface area contributed by atoms with Crippen molar-refractivity contribution >= 4 is 39.2 Å². The minimum absolute atomic E-state index is 0.221. The lowest BCUT2D eigenvalue weighted by atomic mass is 10.2. The van der Waals surface area contributed by atoms with E-state index in [2.05, 4.69) is 9.93 Å². The highest BCUT2D eigenvalue weighted by Gasteiger charge is 2.12. The van der Waals surface area contributed by atoms with Crippen LogP contribution in [0.5, 0.6) is 0 Å². The van der Waals surface area contributed by atoms with Gasteiger partial charge in [0.1, 0.15) is 4.21 Å². The molecule has 0 fully saturated rings. The van der Waals surface area contributed by atoms with Crippen molar-refractivity contribution in [2.45, 2.75) is 4.21 Å². The lowest BCUT2D eigenvalue weighted by molar-refractivity contribution is 0.587. The van der Waals surface area contributed by atoms with Gasteiger partial charge in [-0.25, -0.2) is 0 Å². The van der Waals surface area contributed by atoms with E-state index in [9.17, 15) is 8.42 Å². The number of hydrogen-bond acceptors (Lipinski definition) is 4. The molecule has 0 spiro atoms. The highest BCUT2D eigenvalue weighted by Crippen LogP contribution is 2.15. The molecule has 1 N–H and O–H groups in total. The predicted octanol–water partition coefficient (Wildman–Crippen LogP) is 2.71. The fourth-order valence-electron chi connectivity index (χ4n) is 1.21. The molecule has 0 saturated carbocycles. The van der Waals surface area contributed by atoms with Gasteiger partial charge in [0.2, 0.25) is 0 Å². The average Bonchev–Trinajstić information content (AvgIpc) is 2.86. The number of nitrogens with zero attached hydrogens (tertiary/aromatic N) is 1. The first-order valence-electron chi connectivity index (χ1n) is 4.92. The van der Waals surface area contributed by atoms with Gasteiger partial charge in [0, 0.05) is 10.6 Å². The molecule has 7 heteroatoms. The Morgan fingerprint density at radius 1 is 1.22 bits per heavy atom. The largest absolute Gasteiger partial charge is 0.286 e. The van der Waals surface area contributed by atoms with E-state index in [1.165, 1.54) is 12.3 Å². The van der Waals surface area contributed by atoms with Crippen LogP contribution in [0.2, 0.25) is 5.02 Å². The van der Waals surface area contributed by atoms with Gasteiger partial charge in [0.25, 0.3) is 10.0 Å². The number of benzene rings is 1. The van der Waals surface area contributed by atoms with E-state index in [1.54, 1.807) is 35.7 Å². The minimum Gasteiger partial charge on any atom is -0.199 e. The van der Waals surface area contributed by atoms with Crippen LogP contribution in [-0.2, 0) is 10.0 Å². The van der Waals surface area contributed by atoms with Crippen molar-refractivity contribution in [3.05, 3.63) is 52.4 Å². The van der Waals surface area contributed by atoms with Crippen LogP contribution in [0.1, 0.15) is 5.56 Å². The summed E-state index contributed by atoms with van der Waals surface area (Å²) in [6.07, 6.45) is 1.37. The zero-order chi connectivity index (χ0) is 13.0. The quantitative estimate of drug-likeness (QED) is 0.697. The molecular weight excluding hydrogens is 292 g/mol. The molecule has 0 aliphatic carbocycles. The summed E-state index contributed by atoms with van der Waals surface area (Å²) in [5, 5.41) is 5.89. The molecule has 2 aromatic rings. The number of hydrazone groups is 1. The molecule has 0 unspecified atom stereocenters. The molecule has 0 atom stereocenters. The lowest BCUT2D eigenvalue weighted by Crippen LogP contribution is -2.17. The number of thiophene rings is 1. The number of nitrogens with one attached hydrogen (secondary N) is 1. The third kappa shape index (κ3) is 3.10. The van der Waals surface area contributed by atoms with E-state index >= 15 is 0 Å². The number of sulfonamides is 1. The molecule has 18 heavy (non-hydrogen) atoms. The van der Waals surface area contributed by atoms with E-state index in [4.69, 9.17) is 11.6 Å². The molecule has 1 heterocycles. The Morgan fingerprint density at radius 3 is 2.67 bits per heavy atom. The van der Waals surface area contributed by atoms with Gasteiger partial charge >= 0.3 is 0 Å². The monoisotopic (exact) mass is 300 g/mol. The average molecular weight is 301 g/mol. The van der Waals surface area contributed by atoms with E-state index in [0.29, 0.717) is 10.6 Å². The van der Waals surface area contributed by atoms with Crippen LogP contribution in [0.4, 0.5) is 0 Å². The Bertz CT molecular complexity index is 651. The van der Waals surface area contributed by atoms with Crippen LogP contribution in [0, 0.1) is 0 Å². The molecule has 0 bridgehead atoms. The molecule has 2 rings (SSSR count). The summed E-state index contributed by atoms with van der Waals surface area (Å²) < 4.78 is 23.7. The topological polar surface area (TPSA) is 58.5 Å². The van der Waals surface area contributed by atoms with Gasteiger partial charge in [-0.2, -0.15) is 18.4 Å². The lowest BCUT2D eigenvalue weighted by Gasteiger charge is -2.00. The SMILES string of the molecule is O=S(=O)(N/N=C/c1ccccc1Cl)c1cccs1. The molecule has 0 radical (unpaired) electrons. The first-order chi connectivity index (χ1) is 8.59. The van der Waals surface area contributed by atoms with E-state index in [1.807, 2.05) is 0 Å². The number of rotatable bonds is 4. The van der Waals surface area contributed by atoms with E-state index in [0.717, 1.165) is 11.3 Å². The van der Waals surface area contributed by atoms with Crippen LogP contribution >= 0.6 is 22.9 Å². The maximum atomic E-state index is 11.7. The maximum Gasteiger partial charge on any atom is 0.286 e. The highest BCUT2D eigenvalue weighted by molar-refractivity contribution is 7.91. The molecule has 4 nitrogen and oxygen atoms in total. The Labute approximate surface area is 114 Å². The Balaban J connectivity index is 2.11. The van der Waals surface area contributed by atoms with Gasteiger partial charge in [-0.3, -0.25) is 0 Å². The summed E-state index contributed by atoms with van der Waals surface area (Å²) in [5.74, 6) is 0. The van der Waals surface area contributed by atoms with Crippen molar-refractivity contribution in [2.75, 3.05) is 0 Å². The molecule has 0 saturated heterocycles. The second-order valence-corrected chi connectivity index (χ2v) is 6.55. The second kappa shape index (κ2) is 5.51. The summed E-state index contributed by atoms with van der Waals surface area (Å²) >= 11 is 7.04. The smallest absolute Gasteiger partial charge is 0.199 e. The van der Waals surface area contributed by atoms with Crippen LogP contribution < -0.4 is 4.83 Å². The van der Waals surface area contributed by atoms with Crippen LogP contribution in [0.3, 0.4) is 0 Å². The molecule has 0 aliphatic heterocycles. The second-order valence-electron chi connectivity index (χ2n) is 3.31. The van der Waals surface area contributed by atoms with Crippen LogP contribution in [0.25, 0.3) is 0 Å². The molecule has 1 aromatic heterocycles. The fourth-order valence-corrected chi connectivity index (χ4v) is 3.16. The van der Waals surface area contributed by atoms with Crippen LogP contribution in [0.15, 0.2) is 51.1 Å². The fraction of sp³-hybridized carbons (Fsp3) is 0. The van der Waals surface area contributed by atoms with Crippen molar-refractivity contribution in [1.29, 1.82) is 0 Å². The molecule has 0 aliphatic rings. The summed E-state index contributed by atoms with van der Waals surface area (Å²) in [5.41, 5.74) is 0.646. The molecule has 0 amide bonds. The van der Waals surface area contributed by atoms with E-state index in [-0.39, 0.29) is 4.21 Å². The van der Waals surface area contributed by atoms with Gasteiger partial charge in [-0.15, -0.1) is 11.3 Å². The zero-order valence-corrected chi connectivity index (χ0v) is 11.5. The maximum absolute atomic E-state index is 11.7. The molecule has 94 valence electrons. The van der Waals surface area contributed by atoms with Crippen molar-refractivity contribution in [2.24, 2.45) is 5.10 Å². The number of halogens is 1. The van der Waals surface area contributed by atoms with Gasteiger partial charge in [0.15, 0.2) is 0 Å². The zero-order valence-electron chi connectivity index (χ0n) is 9.08. The first-order valence-corrected chi connectivity index (χ1v) is 7.66. The van der Waals surface area contributed by atoms with Gasteiger partial charge < -0.3 is 0 Å². The summed E-state index contributed by atoms with van der Waals surface area (Å²) in [6.45, 7) is 0. The summed E-state index contributed by atoms with van der Waals surface area (Å²) in [4.78, 5) is 2.13. The summed E-state index contributed by atoms with van der Waals surface area (Å²) in [6, 6.07) is 10.2. The van der Waals surface area contributed by atoms with Crippen LogP contribution in [-0.4, -0.2) is 14.6 Å². The third-order valence-corrected chi connectivity index (χ3v) is 5.01. The van der Waals surface area contributed by atoms with Gasteiger partial charge in [0.05, 0.1) is 6.21 Å². The Morgan fingerprint density at radius 2 is 2.00 bits per heavy atom. The predicted molar refractivity (Wildman–Crippen MR) is 73.7 cm³/mol. The Kier molecular flexibility index (Phi) is 4.00. The van der Waals surface area contributed by atoms with E-state index < -0.39 is 10.0 Å². The number of hydrogen-bond donors (Lipinski definition) is 1. The first kappa shape index (κ1) is 13.1. The minimum atomic E-state index is -3.57. The van der Waals surface area contributed by atoms with Gasteiger partial charge in [-0.1, -0.05) is 35.9 Å². The molecule has 1 aromatic carbocycles. The Hall–Kier alpha value is -1.37. The summed E-state index contributed by atoms with van der Waals surface area (Å²) in [7, 11) is -3.57. The normalized spacial score (nSPS) is 11.8. The van der Waals surface area contributed by atoms with Gasteiger partial charge in [-0.05, 0) is 17.5 Å². The van der Waals surface area contributed by atoms with Crippen molar-refractivity contribution < 1.29 is 8.42 Å². The van der Waals surface area contributed by atoms with Crippen molar-refractivity contribution in [3.63, 3.8) is 0 Å².